The van der Waals surface area contributed by atoms with Gasteiger partial charge in [-0.25, -0.2) is 0 Å². The van der Waals surface area contributed by atoms with E-state index >= 15 is 0 Å². The molecule has 3 nitrogen and oxygen atoms in total. The average molecular weight is 256 g/mol. The first-order valence-electron chi connectivity index (χ1n) is 7.16. The quantitative estimate of drug-likeness (QED) is 0.813. The summed E-state index contributed by atoms with van der Waals surface area (Å²) in [6.07, 6.45) is 8.54. The zero-order chi connectivity index (χ0) is 13.1. The molecule has 0 saturated heterocycles. The third-order valence-corrected chi connectivity index (χ3v) is 3.87. The van der Waals surface area contributed by atoms with Gasteiger partial charge in [0.25, 0.3) is 0 Å². The summed E-state index contributed by atoms with van der Waals surface area (Å²) >= 11 is 0. The van der Waals surface area contributed by atoms with Crippen molar-refractivity contribution in [1.29, 1.82) is 0 Å². The highest BCUT2D eigenvalue weighted by atomic mass is 16.1. The van der Waals surface area contributed by atoms with Gasteiger partial charge < -0.3 is 10.6 Å². The van der Waals surface area contributed by atoms with E-state index in [1.165, 1.54) is 29.7 Å². The molecule has 0 radical (unpaired) electrons. The minimum Gasteiger partial charge on any atom is -0.384 e. The van der Waals surface area contributed by atoms with E-state index in [0.29, 0.717) is 6.42 Å². The molecule has 0 bridgehead atoms. The second-order valence-corrected chi connectivity index (χ2v) is 5.38. The Balaban J connectivity index is 1.61. The maximum absolute atomic E-state index is 12.0. The number of benzene rings is 1. The molecule has 1 aliphatic carbocycles. The summed E-state index contributed by atoms with van der Waals surface area (Å²) in [7, 11) is 0. The van der Waals surface area contributed by atoms with E-state index in [0.717, 1.165) is 31.5 Å². The molecule has 0 atom stereocenters. The maximum Gasteiger partial charge on any atom is 0.228 e. The van der Waals surface area contributed by atoms with Gasteiger partial charge in [-0.2, -0.15) is 0 Å². The summed E-state index contributed by atoms with van der Waals surface area (Å²) < 4.78 is 0. The zero-order valence-electron chi connectivity index (χ0n) is 11.2. The number of rotatable bonds is 3. The minimum atomic E-state index is 0.110. The Kier molecular flexibility index (Phi) is 3.53. The van der Waals surface area contributed by atoms with Crippen LogP contribution in [0.25, 0.3) is 0 Å². The fourth-order valence-electron chi connectivity index (χ4n) is 2.86. The molecule has 0 unspecified atom stereocenters. The van der Waals surface area contributed by atoms with Gasteiger partial charge in [0.15, 0.2) is 0 Å². The smallest absolute Gasteiger partial charge is 0.228 e. The molecular weight excluding hydrogens is 236 g/mol. The molecule has 0 spiro atoms. The predicted molar refractivity (Wildman–Crippen MR) is 78.4 cm³/mol. The molecule has 3 heteroatoms. The van der Waals surface area contributed by atoms with E-state index in [9.17, 15) is 4.79 Å². The molecule has 1 heterocycles. The second kappa shape index (κ2) is 5.47. The molecule has 2 aliphatic rings. The highest BCUT2D eigenvalue weighted by Gasteiger charge is 2.12. The van der Waals surface area contributed by atoms with E-state index in [2.05, 4.69) is 28.8 Å². The summed E-state index contributed by atoms with van der Waals surface area (Å²) in [6.45, 7) is 1.000. The van der Waals surface area contributed by atoms with Crippen LogP contribution < -0.4 is 10.6 Å². The molecule has 1 aliphatic heterocycles. The van der Waals surface area contributed by atoms with Crippen molar-refractivity contribution in [3.63, 3.8) is 0 Å². The summed E-state index contributed by atoms with van der Waals surface area (Å²) in [5.74, 6) is 0.110. The zero-order valence-corrected chi connectivity index (χ0v) is 11.2. The topological polar surface area (TPSA) is 41.1 Å². The van der Waals surface area contributed by atoms with E-state index in [1.807, 2.05) is 6.07 Å². The summed E-state index contributed by atoms with van der Waals surface area (Å²) in [5.41, 5.74) is 4.72. The molecule has 0 aromatic heterocycles. The van der Waals surface area contributed by atoms with Crippen molar-refractivity contribution in [2.45, 2.75) is 38.5 Å². The Bertz CT molecular complexity index is 519. The van der Waals surface area contributed by atoms with Crippen molar-refractivity contribution in [3.05, 3.63) is 35.4 Å². The Morgan fingerprint density at radius 1 is 1.26 bits per heavy atom. The fourth-order valence-corrected chi connectivity index (χ4v) is 2.86. The lowest BCUT2D eigenvalue weighted by molar-refractivity contribution is -0.115. The molecule has 0 fully saturated rings. The number of nitrogens with one attached hydrogen (secondary N) is 2. The predicted octanol–water partition coefficient (Wildman–Crippen LogP) is 3.48. The maximum atomic E-state index is 12.0. The molecule has 1 aromatic carbocycles. The van der Waals surface area contributed by atoms with Crippen LogP contribution in [-0.4, -0.2) is 12.5 Å². The Morgan fingerprint density at radius 3 is 3.05 bits per heavy atom. The Labute approximate surface area is 114 Å². The lowest BCUT2D eigenvalue weighted by atomic mass is 9.97. The van der Waals surface area contributed by atoms with Gasteiger partial charge in [0.05, 0.1) is 0 Å². The second-order valence-electron chi connectivity index (χ2n) is 5.38. The lowest BCUT2D eigenvalue weighted by Gasteiger charge is -2.13. The summed E-state index contributed by atoms with van der Waals surface area (Å²) in [6, 6.07) is 6.12. The van der Waals surface area contributed by atoms with Gasteiger partial charge in [0.2, 0.25) is 5.91 Å². The van der Waals surface area contributed by atoms with Crippen molar-refractivity contribution in [3.8, 4) is 0 Å². The lowest BCUT2D eigenvalue weighted by Crippen LogP contribution is -2.13. The van der Waals surface area contributed by atoms with Crippen molar-refractivity contribution in [1.82, 2.24) is 0 Å². The Morgan fingerprint density at radius 2 is 2.21 bits per heavy atom. The number of allylic oxidation sites excluding steroid dienone is 1. The number of carbonyl (C=O) groups excluding carboxylic acids is 1. The van der Waals surface area contributed by atoms with Crippen molar-refractivity contribution in [2.75, 3.05) is 17.2 Å². The third kappa shape index (κ3) is 2.98. The molecule has 3 rings (SSSR count). The SMILES string of the molecule is O=C(CC1=CCCCC1)Nc1ccc2c(c1)CCN2. The van der Waals surface area contributed by atoms with Gasteiger partial charge in [-0.05, 0) is 55.9 Å². The molecule has 2 N–H and O–H groups in total. The Hall–Kier alpha value is -1.77. The van der Waals surface area contributed by atoms with Gasteiger partial charge in [0.1, 0.15) is 0 Å². The van der Waals surface area contributed by atoms with Gasteiger partial charge in [-0.3, -0.25) is 4.79 Å². The van der Waals surface area contributed by atoms with Crippen LogP contribution in [0.15, 0.2) is 29.8 Å². The molecule has 0 saturated carbocycles. The molecule has 1 amide bonds. The van der Waals surface area contributed by atoms with Gasteiger partial charge in [-0.1, -0.05) is 11.6 Å². The van der Waals surface area contributed by atoms with E-state index in [4.69, 9.17) is 0 Å². The van der Waals surface area contributed by atoms with Crippen LogP contribution in [0.1, 0.15) is 37.7 Å². The van der Waals surface area contributed by atoms with Crippen LogP contribution in [0.2, 0.25) is 0 Å². The van der Waals surface area contributed by atoms with Gasteiger partial charge in [0, 0.05) is 24.3 Å². The largest absolute Gasteiger partial charge is 0.384 e. The van der Waals surface area contributed by atoms with Gasteiger partial charge >= 0.3 is 0 Å². The molecular formula is C16H20N2O. The van der Waals surface area contributed by atoms with E-state index in [1.54, 1.807) is 0 Å². The molecule has 100 valence electrons. The first kappa shape index (κ1) is 12.3. The van der Waals surface area contributed by atoms with Gasteiger partial charge in [-0.15, -0.1) is 0 Å². The minimum absolute atomic E-state index is 0.110. The van der Waals surface area contributed by atoms with Crippen molar-refractivity contribution in [2.24, 2.45) is 0 Å². The standard InChI is InChI=1S/C16H20N2O/c19-16(10-12-4-2-1-3-5-12)18-14-6-7-15-13(11-14)8-9-17-15/h4,6-7,11,17H,1-3,5,8-10H2,(H,18,19). The number of fused-ring (bicyclic) bond motifs is 1. The highest BCUT2D eigenvalue weighted by molar-refractivity contribution is 5.92. The number of carbonyl (C=O) groups is 1. The number of anilines is 2. The summed E-state index contributed by atoms with van der Waals surface area (Å²) in [4.78, 5) is 12.0. The molecule has 19 heavy (non-hydrogen) atoms. The van der Waals surface area contributed by atoms with Crippen LogP contribution in [0.5, 0.6) is 0 Å². The van der Waals surface area contributed by atoms with E-state index in [-0.39, 0.29) is 5.91 Å². The summed E-state index contributed by atoms with van der Waals surface area (Å²) in [5, 5.41) is 6.34. The van der Waals surface area contributed by atoms with Crippen LogP contribution in [-0.2, 0) is 11.2 Å². The van der Waals surface area contributed by atoms with E-state index < -0.39 is 0 Å². The van der Waals surface area contributed by atoms with Crippen LogP contribution in [0, 0.1) is 0 Å². The third-order valence-electron chi connectivity index (χ3n) is 3.87. The highest BCUT2D eigenvalue weighted by Crippen LogP contribution is 2.26. The number of amides is 1. The first-order chi connectivity index (χ1) is 9.31. The van der Waals surface area contributed by atoms with Crippen LogP contribution in [0.3, 0.4) is 0 Å². The first-order valence-corrected chi connectivity index (χ1v) is 7.16. The number of hydrogen-bond acceptors (Lipinski definition) is 2. The van der Waals surface area contributed by atoms with Crippen LogP contribution >= 0.6 is 0 Å². The van der Waals surface area contributed by atoms with Crippen molar-refractivity contribution < 1.29 is 4.79 Å². The monoisotopic (exact) mass is 256 g/mol. The van der Waals surface area contributed by atoms with Crippen LogP contribution in [0.4, 0.5) is 11.4 Å². The normalized spacial score (nSPS) is 17.4. The van der Waals surface area contributed by atoms with Crippen molar-refractivity contribution >= 4 is 17.3 Å². The average Bonchev–Trinajstić information content (AvgIpc) is 2.87. The fraction of sp³-hybridized carbons (Fsp3) is 0.438. The molecule has 1 aromatic rings. The number of hydrogen-bond donors (Lipinski definition) is 2.